The first-order valence-corrected chi connectivity index (χ1v) is 9.85. The van der Waals surface area contributed by atoms with Crippen LogP contribution in [-0.2, 0) is 25.6 Å². The molecule has 3 heterocycles. The van der Waals surface area contributed by atoms with Crippen LogP contribution in [0.4, 0.5) is 0 Å². The Hall–Kier alpha value is -1.37. The number of aromatic nitrogens is 2. The second-order valence-electron chi connectivity index (χ2n) is 6.30. The number of hydrogen-bond donors (Lipinski definition) is 3. The quantitative estimate of drug-likeness (QED) is 0.451. The highest BCUT2D eigenvalue weighted by atomic mass is 31.2. The van der Waals surface area contributed by atoms with E-state index in [4.69, 9.17) is 14.0 Å². The molecular formula is C14H22N3O9P. The fourth-order valence-corrected chi connectivity index (χ4v) is 4.11. The Kier molecular flexibility index (Phi) is 5.99. The average molecular weight is 407 g/mol. The zero-order valence-electron chi connectivity index (χ0n) is 14.6. The molecule has 12 nitrogen and oxygen atoms in total. The highest BCUT2D eigenvalue weighted by molar-refractivity contribution is 7.50. The van der Waals surface area contributed by atoms with E-state index in [1.54, 1.807) is 0 Å². The summed E-state index contributed by atoms with van der Waals surface area (Å²) in [7, 11) is -2.85. The molecule has 152 valence electrons. The van der Waals surface area contributed by atoms with Crippen LogP contribution in [-0.4, -0.2) is 80.1 Å². The standard InChI is InChI=1S/C14H22N3O9P/c1-15-10(18)2-3-17(14(15)21)13-12(20)11(19)9(26-13)8-25-27(22,23)16-4-6-24-7-5-16/h2-3,9,11-13,19-20H,4-8H2,1H3,(H,22,23)/t9-,11-,12-,13-/m1/s1. The maximum Gasteiger partial charge on any atom is 0.405 e. The number of rotatable bonds is 5. The lowest BCUT2D eigenvalue weighted by Gasteiger charge is -2.30. The Morgan fingerprint density at radius 1 is 1.26 bits per heavy atom. The SMILES string of the molecule is Cn1c(=O)ccn([C@@H]2O[C@H](COP(=O)(O)N3CCOCC3)[C@@H](O)[C@H]2O)c1=O. The van der Waals surface area contributed by atoms with E-state index in [0.29, 0.717) is 13.2 Å². The average Bonchev–Trinajstić information content (AvgIpc) is 2.94. The molecule has 0 radical (unpaired) electrons. The van der Waals surface area contributed by atoms with Crippen LogP contribution in [0, 0.1) is 0 Å². The van der Waals surface area contributed by atoms with Gasteiger partial charge < -0.3 is 24.6 Å². The molecule has 13 heteroatoms. The van der Waals surface area contributed by atoms with Gasteiger partial charge in [-0.15, -0.1) is 0 Å². The molecular weight excluding hydrogens is 385 g/mol. The van der Waals surface area contributed by atoms with Gasteiger partial charge in [-0.05, 0) is 0 Å². The van der Waals surface area contributed by atoms with Gasteiger partial charge in [-0.25, -0.2) is 14.0 Å². The van der Waals surface area contributed by atoms with Gasteiger partial charge in [-0.3, -0.25) is 18.5 Å². The van der Waals surface area contributed by atoms with E-state index in [1.165, 1.54) is 11.7 Å². The largest absolute Gasteiger partial charge is 0.405 e. The molecule has 0 amide bonds. The molecule has 0 aliphatic carbocycles. The van der Waals surface area contributed by atoms with E-state index in [2.05, 4.69) is 0 Å². The Morgan fingerprint density at radius 2 is 1.93 bits per heavy atom. The molecule has 5 atom stereocenters. The fraction of sp³-hybridized carbons (Fsp3) is 0.714. The zero-order chi connectivity index (χ0) is 19.8. The molecule has 0 saturated carbocycles. The summed E-state index contributed by atoms with van der Waals surface area (Å²) in [6.45, 7) is 0.571. The first-order chi connectivity index (χ1) is 12.7. The molecule has 0 aromatic carbocycles. The second-order valence-corrected chi connectivity index (χ2v) is 8.11. The number of aliphatic hydroxyl groups excluding tert-OH is 2. The van der Waals surface area contributed by atoms with Crippen LogP contribution in [0.2, 0.25) is 0 Å². The number of morpholine rings is 1. The molecule has 1 aromatic rings. The van der Waals surface area contributed by atoms with Crippen LogP contribution in [0.1, 0.15) is 6.23 Å². The van der Waals surface area contributed by atoms with Crippen LogP contribution in [0.3, 0.4) is 0 Å². The van der Waals surface area contributed by atoms with Crippen molar-refractivity contribution < 1.29 is 33.7 Å². The lowest BCUT2D eigenvalue weighted by atomic mass is 10.1. The molecule has 2 aliphatic heterocycles. The number of ether oxygens (including phenoxy) is 2. The predicted octanol–water partition coefficient (Wildman–Crippen LogP) is -2.38. The Labute approximate surface area is 153 Å². The first-order valence-electron chi connectivity index (χ1n) is 8.32. The minimum atomic E-state index is -4.12. The molecule has 1 unspecified atom stereocenters. The summed E-state index contributed by atoms with van der Waals surface area (Å²) in [6.07, 6.45) is -4.21. The van der Waals surface area contributed by atoms with E-state index >= 15 is 0 Å². The normalized spacial score (nSPS) is 31.7. The van der Waals surface area contributed by atoms with E-state index in [-0.39, 0.29) is 13.1 Å². The molecule has 1 aromatic heterocycles. The smallest absolute Gasteiger partial charge is 0.387 e. The van der Waals surface area contributed by atoms with E-state index < -0.39 is 50.1 Å². The summed E-state index contributed by atoms with van der Waals surface area (Å²) < 4.78 is 31.0. The van der Waals surface area contributed by atoms with Crippen LogP contribution < -0.4 is 11.2 Å². The molecule has 0 spiro atoms. The third-order valence-corrected chi connectivity index (χ3v) is 6.18. The van der Waals surface area contributed by atoms with Crippen molar-refractivity contribution >= 4 is 7.75 Å². The monoisotopic (exact) mass is 407 g/mol. The molecule has 27 heavy (non-hydrogen) atoms. The van der Waals surface area contributed by atoms with Crippen LogP contribution >= 0.6 is 7.75 Å². The summed E-state index contributed by atoms with van der Waals surface area (Å²) in [5.74, 6) is 0. The van der Waals surface area contributed by atoms with Crippen molar-refractivity contribution in [3.63, 3.8) is 0 Å². The van der Waals surface area contributed by atoms with Crippen molar-refractivity contribution in [1.29, 1.82) is 0 Å². The third-order valence-electron chi connectivity index (χ3n) is 4.58. The van der Waals surface area contributed by atoms with Crippen molar-refractivity contribution in [2.75, 3.05) is 32.9 Å². The summed E-state index contributed by atoms with van der Waals surface area (Å²) in [5, 5.41) is 20.4. The molecule has 3 rings (SSSR count). The van der Waals surface area contributed by atoms with Crippen molar-refractivity contribution in [1.82, 2.24) is 13.8 Å². The van der Waals surface area contributed by atoms with Crippen LogP contribution in [0.5, 0.6) is 0 Å². The van der Waals surface area contributed by atoms with E-state index in [9.17, 15) is 29.3 Å². The maximum absolute atomic E-state index is 12.3. The topological polar surface area (TPSA) is 153 Å². The third kappa shape index (κ3) is 4.08. The van der Waals surface area contributed by atoms with Crippen LogP contribution in [0.15, 0.2) is 21.9 Å². The van der Waals surface area contributed by atoms with E-state index in [1.807, 2.05) is 0 Å². The molecule has 2 fully saturated rings. The van der Waals surface area contributed by atoms with Gasteiger partial charge in [0, 0.05) is 32.4 Å². The summed E-state index contributed by atoms with van der Waals surface area (Å²) in [5.41, 5.74) is -1.27. The van der Waals surface area contributed by atoms with Crippen molar-refractivity contribution in [3.05, 3.63) is 33.1 Å². The van der Waals surface area contributed by atoms with Crippen molar-refractivity contribution in [2.24, 2.45) is 7.05 Å². The lowest BCUT2D eigenvalue weighted by molar-refractivity contribution is -0.0550. The van der Waals surface area contributed by atoms with Gasteiger partial charge in [0.25, 0.3) is 5.56 Å². The van der Waals surface area contributed by atoms with Crippen molar-refractivity contribution in [3.8, 4) is 0 Å². The summed E-state index contributed by atoms with van der Waals surface area (Å²) in [6, 6.07) is 1.12. The predicted molar refractivity (Wildman–Crippen MR) is 90.0 cm³/mol. The van der Waals surface area contributed by atoms with E-state index in [0.717, 1.165) is 21.4 Å². The molecule has 3 N–H and O–H groups in total. The second kappa shape index (κ2) is 7.94. The Balaban J connectivity index is 1.70. The maximum atomic E-state index is 12.3. The minimum absolute atomic E-state index is 0.223. The number of hydrogen-bond acceptors (Lipinski definition) is 8. The van der Waals surface area contributed by atoms with Gasteiger partial charge in [0.05, 0.1) is 19.8 Å². The van der Waals surface area contributed by atoms with Gasteiger partial charge in [0.1, 0.15) is 18.3 Å². The summed E-state index contributed by atoms with van der Waals surface area (Å²) >= 11 is 0. The van der Waals surface area contributed by atoms with Crippen LogP contribution in [0.25, 0.3) is 0 Å². The fourth-order valence-electron chi connectivity index (χ4n) is 2.94. The number of nitrogens with zero attached hydrogens (tertiary/aromatic N) is 3. The number of aliphatic hydroxyl groups is 2. The van der Waals surface area contributed by atoms with Gasteiger partial charge in [-0.2, -0.15) is 0 Å². The molecule has 2 saturated heterocycles. The first kappa shape index (κ1) is 20.4. The minimum Gasteiger partial charge on any atom is -0.387 e. The summed E-state index contributed by atoms with van der Waals surface area (Å²) in [4.78, 5) is 33.7. The highest BCUT2D eigenvalue weighted by Crippen LogP contribution is 2.47. The Bertz CT molecular complexity index is 834. The van der Waals surface area contributed by atoms with Gasteiger partial charge in [-0.1, -0.05) is 0 Å². The van der Waals surface area contributed by atoms with Gasteiger partial charge in [0.15, 0.2) is 6.23 Å². The molecule has 2 aliphatic rings. The molecule has 0 bridgehead atoms. The zero-order valence-corrected chi connectivity index (χ0v) is 15.5. The lowest BCUT2D eigenvalue weighted by Crippen LogP contribution is -2.41. The van der Waals surface area contributed by atoms with Gasteiger partial charge in [0.2, 0.25) is 0 Å². The van der Waals surface area contributed by atoms with Gasteiger partial charge >= 0.3 is 13.4 Å². The Morgan fingerprint density at radius 3 is 2.59 bits per heavy atom. The highest BCUT2D eigenvalue weighted by Gasteiger charge is 2.45. The van der Waals surface area contributed by atoms with Crippen molar-refractivity contribution in [2.45, 2.75) is 24.5 Å².